The number of rotatable bonds is 36. The molecule has 0 saturated heterocycles. The fraction of sp³-hybridized carbons (Fsp3) is 0.878. The molecule has 4 heteroatoms. The summed E-state index contributed by atoms with van der Waals surface area (Å²) in [4.78, 5) is 11.9. The van der Waals surface area contributed by atoms with Crippen LogP contribution in [0.2, 0.25) is 0 Å². The van der Waals surface area contributed by atoms with Gasteiger partial charge >= 0.3 is 0 Å². The third kappa shape index (κ3) is 34.0. The topological polar surface area (TPSA) is 69.6 Å². The van der Waals surface area contributed by atoms with E-state index in [9.17, 15) is 15.0 Å². The van der Waals surface area contributed by atoms with Crippen LogP contribution in [-0.4, -0.2) is 34.9 Å². The lowest BCUT2D eigenvalue weighted by molar-refractivity contribution is -0.123. The highest BCUT2D eigenvalue weighted by atomic mass is 16.3. The maximum atomic E-state index is 11.9. The van der Waals surface area contributed by atoms with Gasteiger partial charge in [-0.3, -0.25) is 4.79 Å². The molecule has 0 rings (SSSR count). The second-order valence-corrected chi connectivity index (χ2v) is 13.7. The van der Waals surface area contributed by atoms with Crippen LogP contribution in [0.4, 0.5) is 0 Å². The Morgan fingerprint density at radius 1 is 0.511 bits per heavy atom. The fourth-order valence-corrected chi connectivity index (χ4v) is 6.08. The van der Waals surface area contributed by atoms with Crippen LogP contribution < -0.4 is 5.32 Å². The summed E-state index contributed by atoms with van der Waals surface area (Å²) in [5.74, 6) is -0.0985. The van der Waals surface area contributed by atoms with Gasteiger partial charge in [0.1, 0.15) is 0 Å². The third-order valence-electron chi connectivity index (χ3n) is 9.19. The van der Waals surface area contributed by atoms with Crippen LogP contribution in [0, 0.1) is 0 Å². The van der Waals surface area contributed by atoms with Crippen molar-refractivity contribution in [2.75, 3.05) is 6.61 Å². The molecule has 0 aliphatic heterocycles. The number of hydrogen-bond acceptors (Lipinski definition) is 3. The maximum Gasteiger partial charge on any atom is 0.220 e. The van der Waals surface area contributed by atoms with E-state index in [1.807, 2.05) is 6.08 Å². The molecule has 0 bridgehead atoms. The van der Waals surface area contributed by atoms with Gasteiger partial charge < -0.3 is 15.5 Å². The minimum Gasteiger partial charge on any atom is -0.394 e. The van der Waals surface area contributed by atoms with Gasteiger partial charge in [0, 0.05) is 6.42 Å². The number of unbranched alkanes of at least 4 members (excludes halogenated alkanes) is 27. The molecule has 0 aromatic carbocycles. The lowest BCUT2D eigenvalue weighted by atomic mass is 10.0. The minimum atomic E-state index is -0.854. The van der Waals surface area contributed by atoms with E-state index >= 15 is 0 Å². The predicted molar refractivity (Wildman–Crippen MR) is 198 cm³/mol. The monoisotopic (exact) mass is 634 g/mol. The summed E-state index contributed by atoms with van der Waals surface area (Å²) in [6, 6.07) is -0.630. The van der Waals surface area contributed by atoms with Crippen LogP contribution in [0.3, 0.4) is 0 Å². The van der Waals surface area contributed by atoms with Crippen molar-refractivity contribution in [3.63, 3.8) is 0 Å². The van der Waals surface area contributed by atoms with Crippen molar-refractivity contribution < 1.29 is 15.0 Å². The number of aliphatic hydroxyl groups is 2. The first-order valence-electron chi connectivity index (χ1n) is 20.1. The van der Waals surface area contributed by atoms with Crippen LogP contribution >= 0.6 is 0 Å². The second-order valence-electron chi connectivity index (χ2n) is 13.7. The van der Waals surface area contributed by atoms with Gasteiger partial charge in [-0.15, -0.1) is 0 Å². The molecule has 0 aliphatic carbocycles. The Hall–Kier alpha value is -1.13. The Morgan fingerprint density at radius 3 is 1.29 bits per heavy atom. The van der Waals surface area contributed by atoms with Crippen molar-refractivity contribution >= 4 is 5.91 Å². The van der Waals surface area contributed by atoms with Crippen LogP contribution in [0.1, 0.15) is 213 Å². The van der Waals surface area contributed by atoms with Crippen molar-refractivity contribution in [2.45, 2.75) is 225 Å². The average Bonchev–Trinajstić information content (AvgIpc) is 3.04. The zero-order valence-corrected chi connectivity index (χ0v) is 30.4. The molecule has 4 nitrogen and oxygen atoms in total. The fourth-order valence-electron chi connectivity index (χ4n) is 6.08. The number of amides is 1. The number of carbonyl (C=O) groups is 1. The van der Waals surface area contributed by atoms with E-state index in [4.69, 9.17) is 0 Å². The van der Waals surface area contributed by atoms with E-state index in [0.29, 0.717) is 6.42 Å². The highest BCUT2D eigenvalue weighted by molar-refractivity contribution is 5.76. The second kappa shape index (κ2) is 37.3. The molecular weight excluding hydrogens is 554 g/mol. The number of aliphatic hydroxyl groups excluding tert-OH is 2. The molecule has 0 fully saturated rings. The molecule has 0 spiro atoms. The molecule has 45 heavy (non-hydrogen) atoms. The van der Waals surface area contributed by atoms with Crippen molar-refractivity contribution in [1.82, 2.24) is 5.32 Å². The van der Waals surface area contributed by atoms with E-state index in [0.717, 1.165) is 38.5 Å². The first-order valence-corrected chi connectivity index (χ1v) is 20.1. The Bertz CT molecular complexity index is 647. The summed E-state index contributed by atoms with van der Waals surface area (Å²) < 4.78 is 0. The number of allylic oxidation sites excluding steroid dienone is 3. The minimum absolute atomic E-state index is 0.0985. The Morgan fingerprint density at radius 2 is 0.867 bits per heavy atom. The molecule has 2 unspecified atom stereocenters. The Kier molecular flexibility index (Phi) is 36.4. The summed E-state index contributed by atoms with van der Waals surface area (Å²) in [6.45, 7) is 4.14. The van der Waals surface area contributed by atoms with Crippen LogP contribution in [0.15, 0.2) is 24.3 Å². The standard InChI is InChI=1S/C41H79NO3/c1-3-5-7-8-9-10-11-12-13-14-15-16-17-18-19-20-21-22-23-24-25-26-27-28-29-30-31-32-33-35-36-40(44)39(38-43)42-41(45)37-34-6-4-2/h30-31,35-36,39-40,43-44H,3-29,32-34,37-38H2,1-2H3,(H,42,45)/b31-30+,36-35+. The molecule has 266 valence electrons. The summed E-state index contributed by atoms with van der Waals surface area (Å²) in [5.41, 5.74) is 0. The molecule has 0 heterocycles. The summed E-state index contributed by atoms with van der Waals surface area (Å²) >= 11 is 0. The van der Waals surface area contributed by atoms with Gasteiger partial charge in [0.2, 0.25) is 5.91 Å². The van der Waals surface area contributed by atoms with Gasteiger partial charge in [-0.05, 0) is 32.1 Å². The highest BCUT2D eigenvalue weighted by Gasteiger charge is 2.17. The van der Waals surface area contributed by atoms with Crippen molar-refractivity contribution in [3.8, 4) is 0 Å². The quantitative estimate of drug-likeness (QED) is 0.0475. The first-order chi connectivity index (χ1) is 22.2. The van der Waals surface area contributed by atoms with Gasteiger partial charge in [-0.1, -0.05) is 199 Å². The van der Waals surface area contributed by atoms with Crippen LogP contribution in [0.5, 0.6) is 0 Å². The number of nitrogens with one attached hydrogen (secondary N) is 1. The smallest absolute Gasteiger partial charge is 0.220 e. The molecule has 0 aromatic rings. The van der Waals surface area contributed by atoms with Gasteiger partial charge in [0.25, 0.3) is 0 Å². The van der Waals surface area contributed by atoms with E-state index in [-0.39, 0.29) is 12.5 Å². The molecule has 0 radical (unpaired) electrons. The maximum absolute atomic E-state index is 11.9. The SMILES string of the molecule is CCCCCCCCCCCCCCCCCCCCCCCCCC/C=C/CC/C=C/C(O)C(CO)NC(=O)CCCCC. The largest absolute Gasteiger partial charge is 0.394 e. The molecule has 3 N–H and O–H groups in total. The Balaban J connectivity index is 3.37. The Labute approximate surface area is 281 Å². The number of carbonyl (C=O) groups excluding carboxylic acids is 1. The van der Waals surface area contributed by atoms with E-state index in [2.05, 4.69) is 31.3 Å². The summed E-state index contributed by atoms with van der Waals surface area (Å²) in [7, 11) is 0. The third-order valence-corrected chi connectivity index (χ3v) is 9.19. The molecule has 2 atom stereocenters. The lowest BCUT2D eigenvalue weighted by Gasteiger charge is -2.19. The van der Waals surface area contributed by atoms with Crippen molar-refractivity contribution in [2.24, 2.45) is 0 Å². The van der Waals surface area contributed by atoms with E-state index < -0.39 is 12.1 Å². The molecular formula is C41H79NO3. The van der Waals surface area contributed by atoms with Gasteiger partial charge in [0.15, 0.2) is 0 Å². The lowest BCUT2D eigenvalue weighted by Crippen LogP contribution is -2.45. The van der Waals surface area contributed by atoms with Crippen LogP contribution in [0.25, 0.3) is 0 Å². The molecule has 0 saturated carbocycles. The van der Waals surface area contributed by atoms with Gasteiger partial charge in [-0.25, -0.2) is 0 Å². The zero-order valence-electron chi connectivity index (χ0n) is 30.4. The molecule has 1 amide bonds. The predicted octanol–water partition coefficient (Wildman–Crippen LogP) is 12.1. The number of hydrogen-bond donors (Lipinski definition) is 3. The van der Waals surface area contributed by atoms with Gasteiger partial charge in [0.05, 0.1) is 18.8 Å². The van der Waals surface area contributed by atoms with E-state index in [1.54, 1.807) is 6.08 Å². The first kappa shape index (κ1) is 43.9. The highest BCUT2D eigenvalue weighted by Crippen LogP contribution is 2.16. The van der Waals surface area contributed by atoms with Crippen LogP contribution in [-0.2, 0) is 4.79 Å². The summed E-state index contributed by atoms with van der Waals surface area (Å²) in [5, 5.41) is 22.5. The normalized spacial score (nSPS) is 13.2. The van der Waals surface area contributed by atoms with E-state index in [1.165, 1.54) is 154 Å². The molecule has 0 aromatic heterocycles. The average molecular weight is 634 g/mol. The van der Waals surface area contributed by atoms with Crippen molar-refractivity contribution in [1.29, 1.82) is 0 Å². The summed E-state index contributed by atoms with van der Waals surface area (Å²) in [6.07, 6.45) is 48.0. The van der Waals surface area contributed by atoms with Crippen molar-refractivity contribution in [3.05, 3.63) is 24.3 Å². The zero-order chi connectivity index (χ0) is 32.9. The molecule has 0 aliphatic rings. The van der Waals surface area contributed by atoms with Gasteiger partial charge in [-0.2, -0.15) is 0 Å².